The van der Waals surface area contributed by atoms with Crippen LogP contribution in [0.3, 0.4) is 0 Å². The molecule has 29 heavy (non-hydrogen) atoms. The van der Waals surface area contributed by atoms with Crippen LogP contribution in [0.2, 0.25) is 8.67 Å². The van der Waals surface area contributed by atoms with E-state index in [-0.39, 0.29) is 24.2 Å². The molecule has 0 fully saturated rings. The van der Waals surface area contributed by atoms with Crippen LogP contribution < -0.4 is 9.44 Å². The highest BCUT2D eigenvalue weighted by molar-refractivity contribution is 7.93. The molecule has 6 nitrogen and oxygen atoms in total. The zero-order chi connectivity index (χ0) is 21.4. The number of sulfonamides is 2. The van der Waals surface area contributed by atoms with Crippen LogP contribution in [0.15, 0.2) is 58.3 Å². The monoisotopic (exact) mass is 490 g/mol. The maximum atomic E-state index is 12.7. The molecule has 11 heteroatoms. The van der Waals surface area contributed by atoms with Crippen LogP contribution in [-0.4, -0.2) is 16.8 Å². The number of thiophene rings is 1. The van der Waals surface area contributed by atoms with Crippen molar-refractivity contribution < 1.29 is 16.8 Å². The lowest BCUT2D eigenvalue weighted by atomic mass is 10.2. The van der Waals surface area contributed by atoms with Gasteiger partial charge in [-0.15, -0.1) is 11.3 Å². The summed E-state index contributed by atoms with van der Waals surface area (Å²) in [6, 6.07) is 12.3. The van der Waals surface area contributed by atoms with Crippen LogP contribution in [0, 0.1) is 13.8 Å². The first-order chi connectivity index (χ1) is 13.5. The Balaban J connectivity index is 1.94. The molecule has 0 atom stereocenters. The molecule has 3 rings (SSSR count). The average Bonchev–Trinajstić information content (AvgIpc) is 2.95. The van der Waals surface area contributed by atoms with Gasteiger partial charge in [0.1, 0.15) is 9.23 Å². The summed E-state index contributed by atoms with van der Waals surface area (Å²) in [6.45, 7) is 3.50. The predicted octanol–water partition coefficient (Wildman–Crippen LogP) is 5.27. The van der Waals surface area contributed by atoms with Gasteiger partial charge in [0.25, 0.3) is 20.0 Å². The molecule has 0 saturated carbocycles. The van der Waals surface area contributed by atoms with E-state index in [0.29, 0.717) is 11.3 Å². The Morgan fingerprint density at radius 3 is 2.21 bits per heavy atom. The second-order valence-corrected chi connectivity index (χ2v) is 11.9. The summed E-state index contributed by atoms with van der Waals surface area (Å²) in [5.74, 6) is 0. The zero-order valence-corrected chi connectivity index (χ0v) is 19.2. The molecule has 0 aliphatic rings. The standard InChI is InChI=1S/C18H16Cl2N2O4S3/c1-11-4-3-5-13(8-11)21-28(23,24)14-7-6-12(2)15(9-14)22-29(25,26)16-10-17(19)27-18(16)20/h3-10,21-22H,1-2H3. The van der Waals surface area contributed by atoms with Gasteiger partial charge in [-0.2, -0.15) is 0 Å². The van der Waals surface area contributed by atoms with Crippen molar-refractivity contribution in [3.63, 3.8) is 0 Å². The molecule has 0 radical (unpaired) electrons. The molecule has 0 bridgehead atoms. The topological polar surface area (TPSA) is 92.3 Å². The number of benzene rings is 2. The molecule has 0 aliphatic heterocycles. The molecule has 1 heterocycles. The third kappa shape index (κ3) is 5.04. The maximum Gasteiger partial charge on any atom is 0.264 e. The van der Waals surface area contributed by atoms with Crippen LogP contribution >= 0.6 is 34.5 Å². The number of aryl methyl sites for hydroxylation is 2. The van der Waals surface area contributed by atoms with Crippen molar-refractivity contribution in [3.8, 4) is 0 Å². The highest BCUT2D eigenvalue weighted by Crippen LogP contribution is 2.35. The molecule has 0 spiro atoms. The third-order valence-corrected chi connectivity index (χ3v) is 8.45. The Morgan fingerprint density at radius 2 is 1.59 bits per heavy atom. The molecule has 3 aromatic rings. The Bertz CT molecular complexity index is 1290. The Kier molecular flexibility index (Phi) is 6.16. The molecule has 2 aromatic carbocycles. The van der Waals surface area contributed by atoms with Crippen molar-refractivity contribution in [2.75, 3.05) is 9.44 Å². The second kappa shape index (κ2) is 8.16. The number of hydrogen-bond donors (Lipinski definition) is 2. The van der Waals surface area contributed by atoms with Crippen LogP contribution in [0.4, 0.5) is 11.4 Å². The highest BCUT2D eigenvalue weighted by Gasteiger charge is 2.23. The third-order valence-electron chi connectivity index (χ3n) is 3.95. The molecule has 154 valence electrons. The molecule has 0 unspecified atom stereocenters. The van der Waals surface area contributed by atoms with E-state index in [0.717, 1.165) is 16.9 Å². The maximum absolute atomic E-state index is 12.7. The number of nitrogens with one attached hydrogen (secondary N) is 2. The number of halogens is 2. The predicted molar refractivity (Wildman–Crippen MR) is 118 cm³/mol. The number of hydrogen-bond acceptors (Lipinski definition) is 5. The molecular formula is C18H16Cl2N2O4S3. The fourth-order valence-electron chi connectivity index (χ4n) is 2.51. The lowest BCUT2D eigenvalue weighted by molar-refractivity contribution is 0.599. The molecular weight excluding hydrogens is 475 g/mol. The van der Waals surface area contributed by atoms with Crippen molar-refractivity contribution in [2.24, 2.45) is 0 Å². The van der Waals surface area contributed by atoms with Gasteiger partial charge in [0, 0.05) is 5.69 Å². The quantitative estimate of drug-likeness (QED) is 0.491. The van der Waals surface area contributed by atoms with Crippen molar-refractivity contribution in [1.82, 2.24) is 0 Å². The van der Waals surface area contributed by atoms with Crippen molar-refractivity contribution in [3.05, 3.63) is 68.3 Å². The van der Waals surface area contributed by atoms with Crippen LogP contribution in [0.5, 0.6) is 0 Å². The molecule has 0 saturated heterocycles. The van der Waals surface area contributed by atoms with Gasteiger partial charge in [-0.3, -0.25) is 9.44 Å². The van der Waals surface area contributed by atoms with Gasteiger partial charge in [0.2, 0.25) is 0 Å². The molecule has 0 aliphatic carbocycles. The second-order valence-electron chi connectivity index (χ2n) is 6.25. The number of anilines is 2. The minimum absolute atomic E-state index is 0.0186. The largest absolute Gasteiger partial charge is 0.280 e. The van der Waals surface area contributed by atoms with Crippen LogP contribution in [0.25, 0.3) is 0 Å². The van der Waals surface area contributed by atoms with E-state index in [1.165, 1.54) is 24.3 Å². The van der Waals surface area contributed by atoms with Crippen LogP contribution in [-0.2, 0) is 20.0 Å². The lowest BCUT2D eigenvalue weighted by Crippen LogP contribution is -2.16. The first-order valence-corrected chi connectivity index (χ1v) is 12.7. The molecule has 0 amide bonds. The molecule has 1 aromatic heterocycles. The summed E-state index contributed by atoms with van der Waals surface area (Å²) < 4.78 is 55.9. The Morgan fingerprint density at radius 1 is 0.862 bits per heavy atom. The Hall–Kier alpha value is -1.78. The normalized spacial score (nSPS) is 12.0. The van der Waals surface area contributed by atoms with E-state index in [1.54, 1.807) is 25.1 Å². The summed E-state index contributed by atoms with van der Waals surface area (Å²) in [7, 11) is -7.97. The Labute approximate surface area is 183 Å². The minimum Gasteiger partial charge on any atom is -0.280 e. The van der Waals surface area contributed by atoms with Crippen LogP contribution in [0.1, 0.15) is 11.1 Å². The summed E-state index contributed by atoms with van der Waals surface area (Å²) in [6.07, 6.45) is 0. The van der Waals surface area contributed by atoms with Crippen molar-refractivity contribution in [1.29, 1.82) is 0 Å². The van der Waals surface area contributed by atoms with E-state index in [1.807, 2.05) is 13.0 Å². The summed E-state index contributed by atoms with van der Waals surface area (Å²) >= 11 is 12.7. The smallest absolute Gasteiger partial charge is 0.264 e. The first kappa shape index (κ1) is 21.9. The van der Waals surface area contributed by atoms with Gasteiger partial charge in [-0.1, -0.05) is 41.4 Å². The number of rotatable bonds is 6. The SMILES string of the molecule is Cc1cccc(NS(=O)(=O)c2ccc(C)c(NS(=O)(=O)c3cc(Cl)sc3Cl)c2)c1. The van der Waals surface area contributed by atoms with Gasteiger partial charge in [-0.05, 0) is 55.3 Å². The van der Waals surface area contributed by atoms with Gasteiger partial charge in [0.15, 0.2) is 0 Å². The average molecular weight is 491 g/mol. The van der Waals surface area contributed by atoms with E-state index >= 15 is 0 Å². The van der Waals surface area contributed by atoms with Crippen molar-refractivity contribution in [2.45, 2.75) is 23.6 Å². The summed E-state index contributed by atoms with van der Waals surface area (Å²) in [5.41, 5.74) is 1.97. The van der Waals surface area contributed by atoms with E-state index in [2.05, 4.69) is 9.44 Å². The van der Waals surface area contributed by atoms with E-state index in [4.69, 9.17) is 23.2 Å². The van der Waals surface area contributed by atoms with Crippen molar-refractivity contribution >= 4 is 66.0 Å². The first-order valence-electron chi connectivity index (χ1n) is 8.16. The zero-order valence-electron chi connectivity index (χ0n) is 15.2. The summed E-state index contributed by atoms with van der Waals surface area (Å²) in [5, 5.41) is 0. The van der Waals surface area contributed by atoms with E-state index in [9.17, 15) is 16.8 Å². The van der Waals surface area contributed by atoms with E-state index < -0.39 is 20.0 Å². The minimum atomic E-state index is -4.04. The van der Waals surface area contributed by atoms with Gasteiger partial charge < -0.3 is 0 Å². The molecule has 2 N–H and O–H groups in total. The lowest BCUT2D eigenvalue weighted by Gasteiger charge is -2.13. The summed E-state index contributed by atoms with van der Waals surface area (Å²) in [4.78, 5) is -0.253. The van der Waals surface area contributed by atoms with Gasteiger partial charge in [0.05, 0.1) is 14.9 Å². The fraction of sp³-hybridized carbons (Fsp3) is 0.111. The fourth-order valence-corrected chi connectivity index (χ4v) is 6.86. The van der Waals surface area contributed by atoms with Gasteiger partial charge >= 0.3 is 0 Å². The highest BCUT2D eigenvalue weighted by atomic mass is 35.5. The van der Waals surface area contributed by atoms with Gasteiger partial charge in [-0.25, -0.2) is 16.8 Å².